The molecule has 6 nitrogen and oxygen atoms in total. The Bertz CT molecular complexity index is 915. The van der Waals surface area contributed by atoms with Gasteiger partial charge in [-0.1, -0.05) is 62.9 Å². The molecule has 0 aliphatic rings. The second-order valence-corrected chi connectivity index (χ2v) is 9.81. The fourth-order valence-corrected chi connectivity index (χ4v) is 4.32. The van der Waals surface area contributed by atoms with Crippen molar-refractivity contribution in [2.45, 2.75) is 71.4 Å². The van der Waals surface area contributed by atoms with Crippen LogP contribution in [0.1, 0.15) is 63.7 Å². The molecule has 0 saturated carbocycles. The summed E-state index contributed by atoms with van der Waals surface area (Å²) in [5.74, 6) is 6.57. The van der Waals surface area contributed by atoms with Gasteiger partial charge in [-0.2, -0.15) is 0 Å². The summed E-state index contributed by atoms with van der Waals surface area (Å²) >= 11 is 0. The normalized spacial score (nSPS) is 16.4. The van der Waals surface area contributed by atoms with Crippen LogP contribution >= 0.6 is 0 Å². The van der Waals surface area contributed by atoms with Crippen LogP contribution in [0.25, 0.3) is 0 Å². The predicted octanol–water partition coefficient (Wildman–Crippen LogP) is 4.54. The first kappa shape index (κ1) is 28.7. The standard InChI is InChI=1S/C29H40O6/c1-20(11-21(2)12-22(3)18-35-19-23-7-5-4-6-8-23)9-10-25(30)15-28(33)17-29(34)24-13-26(31)16-27(32)14-24/h4-8,13-14,16,20-22,25,28-34H,11-12,15,17-19H2,1-3H3/t20-,21-,22-,25?,28-,29-/m1/s1. The highest BCUT2D eigenvalue weighted by Crippen LogP contribution is 2.28. The smallest absolute Gasteiger partial charge is 0.119 e. The summed E-state index contributed by atoms with van der Waals surface area (Å²) in [6, 6.07) is 13.9. The van der Waals surface area contributed by atoms with Crippen molar-refractivity contribution in [3.8, 4) is 23.3 Å². The van der Waals surface area contributed by atoms with Gasteiger partial charge in [0, 0.05) is 31.4 Å². The summed E-state index contributed by atoms with van der Waals surface area (Å²) in [7, 11) is 0. The Labute approximate surface area is 209 Å². The van der Waals surface area contributed by atoms with Gasteiger partial charge in [-0.3, -0.25) is 0 Å². The number of aliphatic hydroxyl groups is 3. The van der Waals surface area contributed by atoms with E-state index in [0.717, 1.165) is 18.9 Å². The van der Waals surface area contributed by atoms with Crippen molar-refractivity contribution < 1.29 is 30.3 Å². The number of hydrogen-bond acceptors (Lipinski definition) is 6. The van der Waals surface area contributed by atoms with Gasteiger partial charge < -0.3 is 30.3 Å². The molecule has 0 heterocycles. The Morgan fingerprint density at radius 2 is 1.43 bits per heavy atom. The zero-order valence-corrected chi connectivity index (χ0v) is 21.0. The minimum atomic E-state index is -1.08. The molecule has 35 heavy (non-hydrogen) atoms. The Morgan fingerprint density at radius 1 is 0.771 bits per heavy atom. The lowest BCUT2D eigenvalue weighted by Crippen LogP contribution is -2.19. The van der Waals surface area contributed by atoms with E-state index in [1.807, 2.05) is 25.1 Å². The summed E-state index contributed by atoms with van der Waals surface area (Å²) in [6.45, 7) is 7.76. The van der Waals surface area contributed by atoms with E-state index < -0.39 is 18.3 Å². The maximum absolute atomic E-state index is 10.2. The van der Waals surface area contributed by atoms with E-state index in [1.54, 1.807) is 0 Å². The van der Waals surface area contributed by atoms with Gasteiger partial charge in [0.15, 0.2) is 0 Å². The zero-order chi connectivity index (χ0) is 25.8. The van der Waals surface area contributed by atoms with Crippen LogP contribution in [0.5, 0.6) is 11.5 Å². The molecule has 0 amide bonds. The van der Waals surface area contributed by atoms with E-state index in [9.17, 15) is 25.5 Å². The van der Waals surface area contributed by atoms with Gasteiger partial charge in [0.2, 0.25) is 0 Å². The molecule has 0 saturated heterocycles. The van der Waals surface area contributed by atoms with Gasteiger partial charge in [0.05, 0.1) is 18.8 Å². The van der Waals surface area contributed by atoms with Gasteiger partial charge in [-0.15, -0.1) is 0 Å². The third-order valence-electron chi connectivity index (χ3n) is 5.87. The number of phenolic OH excluding ortho intramolecular Hbond substituents is 2. The molecule has 2 aromatic rings. The Morgan fingerprint density at radius 3 is 2.09 bits per heavy atom. The molecule has 6 atom stereocenters. The topological polar surface area (TPSA) is 110 Å². The van der Waals surface area contributed by atoms with E-state index in [4.69, 9.17) is 4.74 Å². The Balaban J connectivity index is 1.68. The number of ether oxygens (including phenoxy) is 1. The largest absolute Gasteiger partial charge is 0.508 e. The molecule has 0 radical (unpaired) electrons. The summed E-state index contributed by atoms with van der Waals surface area (Å²) < 4.78 is 5.84. The molecule has 1 unspecified atom stereocenters. The van der Waals surface area contributed by atoms with Gasteiger partial charge in [-0.05, 0) is 47.9 Å². The van der Waals surface area contributed by atoms with Crippen molar-refractivity contribution in [3.63, 3.8) is 0 Å². The van der Waals surface area contributed by atoms with Crippen molar-refractivity contribution in [1.82, 2.24) is 0 Å². The first-order valence-corrected chi connectivity index (χ1v) is 12.3. The molecule has 0 fully saturated rings. The summed E-state index contributed by atoms with van der Waals surface area (Å²) in [5, 5.41) is 49.7. The number of phenols is 2. The van der Waals surface area contributed by atoms with Gasteiger partial charge in [0.25, 0.3) is 0 Å². The highest BCUT2D eigenvalue weighted by atomic mass is 16.5. The van der Waals surface area contributed by atoms with Crippen LogP contribution < -0.4 is 0 Å². The van der Waals surface area contributed by atoms with E-state index in [-0.39, 0.29) is 30.3 Å². The van der Waals surface area contributed by atoms with E-state index in [0.29, 0.717) is 30.6 Å². The zero-order valence-electron chi connectivity index (χ0n) is 21.0. The molecule has 192 valence electrons. The molecular weight excluding hydrogens is 444 g/mol. The van der Waals surface area contributed by atoms with Crippen molar-refractivity contribution in [1.29, 1.82) is 0 Å². The highest BCUT2D eigenvalue weighted by Gasteiger charge is 2.18. The fourth-order valence-electron chi connectivity index (χ4n) is 4.32. The van der Waals surface area contributed by atoms with Crippen LogP contribution in [-0.2, 0) is 11.3 Å². The third-order valence-corrected chi connectivity index (χ3v) is 5.87. The van der Waals surface area contributed by atoms with Crippen molar-refractivity contribution in [3.05, 3.63) is 59.7 Å². The Hall–Kier alpha value is -2.56. The molecule has 0 aromatic heterocycles. The Kier molecular flexibility index (Phi) is 12.1. The first-order valence-electron chi connectivity index (χ1n) is 12.3. The number of benzene rings is 2. The van der Waals surface area contributed by atoms with E-state index in [2.05, 4.69) is 37.8 Å². The summed E-state index contributed by atoms with van der Waals surface area (Å²) in [6.07, 6.45) is -1.16. The molecule has 0 aliphatic heterocycles. The molecule has 2 aromatic carbocycles. The molecule has 0 spiro atoms. The number of aliphatic hydroxyl groups excluding tert-OH is 3. The van der Waals surface area contributed by atoms with Crippen LogP contribution in [0.2, 0.25) is 0 Å². The second kappa shape index (κ2) is 14.8. The van der Waals surface area contributed by atoms with Crippen LogP contribution in [0.4, 0.5) is 0 Å². The predicted molar refractivity (Wildman–Crippen MR) is 137 cm³/mol. The SMILES string of the molecule is C[C@@H](COCc1ccccc1)C[C@H](C)C[C@H](C)C#CC(O)C[C@@H](O)C[C@@H](O)c1cc(O)cc(O)c1. The number of rotatable bonds is 13. The van der Waals surface area contributed by atoms with Gasteiger partial charge >= 0.3 is 0 Å². The average Bonchev–Trinajstić information content (AvgIpc) is 2.77. The van der Waals surface area contributed by atoms with Gasteiger partial charge in [0.1, 0.15) is 17.6 Å². The third kappa shape index (κ3) is 11.6. The van der Waals surface area contributed by atoms with Crippen LogP contribution in [0.3, 0.4) is 0 Å². The number of aromatic hydroxyl groups is 2. The summed E-state index contributed by atoms with van der Waals surface area (Å²) in [5.41, 5.74) is 1.47. The second-order valence-electron chi connectivity index (χ2n) is 9.81. The fraction of sp³-hybridized carbons (Fsp3) is 0.517. The van der Waals surface area contributed by atoms with Crippen LogP contribution in [0.15, 0.2) is 48.5 Å². The summed E-state index contributed by atoms with van der Waals surface area (Å²) in [4.78, 5) is 0. The quantitative estimate of drug-likeness (QED) is 0.267. The lowest BCUT2D eigenvalue weighted by Gasteiger charge is -2.19. The molecular formula is C29H40O6. The minimum absolute atomic E-state index is 0.00686. The highest BCUT2D eigenvalue weighted by molar-refractivity contribution is 5.37. The minimum Gasteiger partial charge on any atom is -0.508 e. The molecule has 6 heteroatoms. The lowest BCUT2D eigenvalue weighted by molar-refractivity contribution is 0.0527. The van der Waals surface area contributed by atoms with Crippen LogP contribution in [-0.4, -0.2) is 44.3 Å². The van der Waals surface area contributed by atoms with Crippen LogP contribution in [0, 0.1) is 29.6 Å². The van der Waals surface area contributed by atoms with E-state index in [1.165, 1.54) is 17.7 Å². The maximum Gasteiger partial charge on any atom is 0.119 e. The molecule has 0 bridgehead atoms. The molecule has 2 rings (SSSR count). The van der Waals surface area contributed by atoms with Crippen molar-refractivity contribution in [2.24, 2.45) is 17.8 Å². The van der Waals surface area contributed by atoms with E-state index >= 15 is 0 Å². The first-order chi connectivity index (χ1) is 16.6. The van der Waals surface area contributed by atoms with Gasteiger partial charge in [-0.25, -0.2) is 0 Å². The monoisotopic (exact) mass is 484 g/mol. The average molecular weight is 485 g/mol. The van der Waals surface area contributed by atoms with Crippen molar-refractivity contribution >= 4 is 0 Å². The molecule has 5 N–H and O–H groups in total. The number of hydrogen-bond donors (Lipinski definition) is 5. The lowest BCUT2D eigenvalue weighted by atomic mass is 9.90. The van der Waals surface area contributed by atoms with Crippen molar-refractivity contribution in [2.75, 3.05) is 6.61 Å². The molecule has 0 aliphatic carbocycles. The maximum atomic E-state index is 10.2.